The summed E-state index contributed by atoms with van der Waals surface area (Å²) in [5.74, 6) is -3.96. The van der Waals surface area contributed by atoms with Crippen molar-refractivity contribution < 1.29 is 45.4 Å². The van der Waals surface area contributed by atoms with Gasteiger partial charge in [0.1, 0.15) is 17.7 Å². The third-order valence-electron chi connectivity index (χ3n) is 6.52. The number of amides is 1. The topological polar surface area (TPSA) is 113 Å². The maximum absolute atomic E-state index is 14.9. The van der Waals surface area contributed by atoms with Gasteiger partial charge in [-0.05, 0) is 80.5 Å². The number of benzene rings is 2. The molecule has 1 saturated carbocycles. The summed E-state index contributed by atoms with van der Waals surface area (Å²) in [5, 5.41) is 8.30. The van der Waals surface area contributed by atoms with E-state index in [0.29, 0.717) is 22.3 Å². The van der Waals surface area contributed by atoms with Gasteiger partial charge >= 0.3 is 12.1 Å². The first-order valence-electron chi connectivity index (χ1n) is 12.5. The number of likely N-dealkylation sites (tertiary alicyclic amines) is 1. The van der Waals surface area contributed by atoms with Crippen LogP contribution in [0.15, 0.2) is 30.3 Å². The molecule has 2 atom stereocenters. The molecule has 1 heterocycles. The fraction of sp³-hybridized carbons (Fsp3) is 0.462. The zero-order valence-corrected chi connectivity index (χ0v) is 24.3. The molecule has 1 aliphatic heterocycles. The number of carboxylic acids is 1. The molecule has 2 fully saturated rings. The molecule has 0 spiro atoms. The smallest absolute Gasteiger partial charge is 0.488 e. The Balaban J connectivity index is 0.000000587. The van der Waals surface area contributed by atoms with Crippen molar-refractivity contribution in [2.24, 2.45) is 0 Å². The highest BCUT2D eigenvalue weighted by Crippen LogP contribution is 2.46. The molecule has 1 saturated heterocycles. The number of sulfonamides is 1. The van der Waals surface area contributed by atoms with Crippen molar-refractivity contribution >= 4 is 45.1 Å². The highest BCUT2D eigenvalue weighted by Gasteiger charge is 2.38. The summed E-state index contributed by atoms with van der Waals surface area (Å²) in [7, 11) is -3.80. The average molecular weight is 643 g/mol. The van der Waals surface area contributed by atoms with Crippen LogP contribution in [0.1, 0.15) is 60.0 Å². The van der Waals surface area contributed by atoms with Gasteiger partial charge in [-0.15, -0.1) is 0 Å². The van der Waals surface area contributed by atoms with Crippen LogP contribution >= 0.6 is 23.2 Å². The lowest BCUT2D eigenvalue weighted by Crippen LogP contribution is -2.48. The van der Waals surface area contributed by atoms with Gasteiger partial charge in [0.05, 0.1) is 11.8 Å². The Bertz CT molecular complexity index is 1380. The number of nitrogens with zero attached hydrogens (tertiary/aromatic N) is 1. The van der Waals surface area contributed by atoms with E-state index >= 15 is 0 Å². The number of hydrogen-bond acceptors (Lipinski definition) is 6. The van der Waals surface area contributed by atoms with Crippen molar-refractivity contribution in [2.75, 3.05) is 12.8 Å². The predicted molar refractivity (Wildman–Crippen MR) is 144 cm³/mol. The van der Waals surface area contributed by atoms with E-state index in [1.165, 1.54) is 12.1 Å². The summed E-state index contributed by atoms with van der Waals surface area (Å²) >= 11 is 12.3. The first-order chi connectivity index (χ1) is 18.9. The van der Waals surface area contributed by atoms with Crippen LogP contribution in [0.4, 0.5) is 17.6 Å². The number of nitrogens with one attached hydrogen (secondary N) is 1. The Labute approximate surface area is 244 Å². The maximum atomic E-state index is 14.9. The standard InChI is InChI=1S/C24H27Cl2FN2O4S.C2HF3O2/c1-14-22(4-3-7-29(14)13-15-8-17(25)10-18(26)9-15)33-23-12-21(27)20(11-19(23)16-5-6-16)24(30)28-34(2,31)32;3-2(4,5)1(6)7/h8-12,14,16,22H,3-7,13H2,1-2H3,(H,28,30);(H,6,7)/t14-,22+;/m0./s1. The highest BCUT2D eigenvalue weighted by molar-refractivity contribution is 7.89. The van der Waals surface area contributed by atoms with Crippen LogP contribution in [0.25, 0.3) is 0 Å². The van der Waals surface area contributed by atoms with Gasteiger partial charge in [0.2, 0.25) is 10.0 Å². The fourth-order valence-corrected chi connectivity index (χ4v) is 5.46. The second-order valence-electron chi connectivity index (χ2n) is 9.94. The van der Waals surface area contributed by atoms with Gasteiger partial charge in [0.25, 0.3) is 5.91 Å². The predicted octanol–water partition coefficient (Wildman–Crippen LogP) is 5.76. The molecular weight excluding hydrogens is 615 g/mol. The molecular formula is C26H28Cl2F4N2O6S. The molecule has 0 radical (unpaired) electrons. The molecule has 2 aliphatic rings. The normalized spacial score (nSPS) is 19.6. The second kappa shape index (κ2) is 13.1. The number of ether oxygens (including phenoxy) is 1. The minimum absolute atomic E-state index is 0.0508. The van der Waals surface area contributed by atoms with Crippen molar-refractivity contribution in [3.63, 3.8) is 0 Å². The lowest BCUT2D eigenvalue weighted by Gasteiger charge is -2.39. The SMILES string of the molecule is C[C@H]1[C@H](Oc2cc(F)c(C(=O)NS(C)(=O)=O)cc2C2CC2)CCCN1Cc1cc(Cl)cc(Cl)c1.O=C(O)C(F)(F)F. The van der Waals surface area contributed by atoms with Gasteiger partial charge in [-0.1, -0.05) is 23.2 Å². The fourth-order valence-electron chi connectivity index (χ4n) is 4.44. The van der Waals surface area contributed by atoms with Gasteiger partial charge in [-0.3, -0.25) is 9.69 Å². The molecule has 41 heavy (non-hydrogen) atoms. The van der Waals surface area contributed by atoms with Crippen molar-refractivity contribution in [3.8, 4) is 5.75 Å². The minimum Gasteiger partial charge on any atom is -0.488 e. The third kappa shape index (κ3) is 9.73. The third-order valence-corrected chi connectivity index (χ3v) is 7.51. The van der Waals surface area contributed by atoms with Crippen molar-refractivity contribution in [1.29, 1.82) is 0 Å². The van der Waals surface area contributed by atoms with Gasteiger partial charge in [-0.25, -0.2) is 22.3 Å². The molecule has 2 aromatic carbocycles. The largest absolute Gasteiger partial charge is 0.490 e. The highest BCUT2D eigenvalue weighted by atomic mass is 35.5. The summed E-state index contributed by atoms with van der Waals surface area (Å²) in [6.07, 6.45) is -0.838. The second-order valence-corrected chi connectivity index (χ2v) is 12.6. The lowest BCUT2D eigenvalue weighted by atomic mass is 9.98. The molecule has 2 aromatic rings. The lowest BCUT2D eigenvalue weighted by molar-refractivity contribution is -0.192. The van der Waals surface area contributed by atoms with Crippen molar-refractivity contribution in [2.45, 2.75) is 63.4 Å². The molecule has 2 N–H and O–H groups in total. The van der Waals surface area contributed by atoms with E-state index in [1.54, 1.807) is 6.07 Å². The summed E-state index contributed by atoms with van der Waals surface area (Å²) in [4.78, 5) is 23.5. The van der Waals surface area contributed by atoms with E-state index in [4.69, 9.17) is 37.8 Å². The zero-order valence-electron chi connectivity index (χ0n) is 22.0. The van der Waals surface area contributed by atoms with Crippen LogP contribution in [0.5, 0.6) is 5.75 Å². The quantitative estimate of drug-likeness (QED) is 0.369. The summed E-state index contributed by atoms with van der Waals surface area (Å²) in [6, 6.07) is 8.19. The summed E-state index contributed by atoms with van der Waals surface area (Å²) in [6.45, 7) is 3.63. The summed E-state index contributed by atoms with van der Waals surface area (Å²) in [5.41, 5.74) is 1.46. The molecule has 15 heteroatoms. The Hall–Kier alpha value is -2.61. The molecule has 1 amide bonds. The number of carbonyl (C=O) groups excluding carboxylic acids is 1. The zero-order chi connectivity index (χ0) is 30.7. The maximum Gasteiger partial charge on any atom is 0.490 e. The molecule has 8 nitrogen and oxygen atoms in total. The van der Waals surface area contributed by atoms with E-state index in [9.17, 15) is 30.8 Å². The monoisotopic (exact) mass is 642 g/mol. The first-order valence-corrected chi connectivity index (χ1v) is 15.1. The number of piperidine rings is 1. The number of halogens is 6. The molecule has 0 aromatic heterocycles. The van der Waals surface area contributed by atoms with Crippen molar-refractivity contribution in [1.82, 2.24) is 9.62 Å². The number of carbonyl (C=O) groups is 2. The number of alkyl halides is 3. The van der Waals surface area contributed by atoms with Gasteiger partial charge in [-0.2, -0.15) is 13.2 Å². The average Bonchev–Trinajstić information content (AvgIpc) is 3.65. The van der Waals surface area contributed by atoms with Gasteiger partial charge in [0.15, 0.2) is 0 Å². The Morgan fingerprint density at radius 3 is 2.20 bits per heavy atom. The Morgan fingerprint density at radius 1 is 1.10 bits per heavy atom. The molecule has 226 valence electrons. The van der Waals surface area contributed by atoms with Crippen LogP contribution in [0, 0.1) is 5.82 Å². The number of rotatable bonds is 7. The van der Waals surface area contributed by atoms with E-state index < -0.39 is 33.9 Å². The molecule has 4 rings (SSSR count). The van der Waals surface area contributed by atoms with Crippen molar-refractivity contribution in [3.05, 3.63) is 62.9 Å². The van der Waals surface area contributed by atoms with Crippen LogP contribution in [-0.2, 0) is 21.4 Å². The molecule has 0 unspecified atom stereocenters. The van der Waals surface area contributed by atoms with E-state index in [-0.39, 0.29) is 23.6 Å². The molecule has 1 aliphatic carbocycles. The molecule has 0 bridgehead atoms. The van der Waals surface area contributed by atoms with E-state index in [1.807, 2.05) is 16.9 Å². The van der Waals surface area contributed by atoms with Gasteiger partial charge in [0, 0.05) is 28.7 Å². The number of carboxylic acid groups (broad SMARTS) is 1. The Kier molecular flexibility index (Phi) is 10.5. The van der Waals surface area contributed by atoms with E-state index in [2.05, 4.69) is 11.8 Å². The summed E-state index contributed by atoms with van der Waals surface area (Å²) < 4.78 is 77.6. The van der Waals surface area contributed by atoms with Crippen LogP contribution in [0.2, 0.25) is 10.0 Å². The Morgan fingerprint density at radius 2 is 1.68 bits per heavy atom. The van der Waals surface area contributed by atoms with Crippen LogP contribution in [-0.4, -0.2) is 61.4 Å². The van der Waals surface area contributed by atoms with Gasteiger partial charge < -0.3 is 9.84 Å². The van der Waals surface area contributed by atoms with Crippen LogP contribution in [0.3, 0.4) is 0 Å². The van der Waals surface area contributed by atoms with E-state index in [0.717, 1.165) is 49.6 Å². The number of hydrogen-bond donors (Lipinski definition) is 2. The van der Waals surface area contributed by atoms with Crippen LogP contribution < -0.4 is 9.46 Å². The first kappa shape index (κ1) is 32.9. The number of aliphatic carboxylic acids is 1. The minimum atomic E-state index is -5.08.